The Labute approximate surface area is 101 Å². The topological polar surface area (TPSA) is 68.1 Å². The zero-order valence-corrected chi connectivity index (χ0v) is 10.5. The molecule has 2 unspecified atom stereocenters. The highest BCUT2D eigenvalue weighted by atomic mass is 16.6. The smallest absolute Gasteiger partial charge is 0.310 e. The molecule has 0 bridgehead atoms. The SMILES string of the molecule is CCC(C)CC(C)Nc1ccncc1[N+](=O)[O-]. The molecular weight excluding hydrogens is 218 g/mol. The molecule has 0 amide bonds. The van der Waals surface area contributed by atoms with Crippen molar-refractivity contribution in [2.24, 2.45) is 5.92 Å². The van der Waals surface area contributed by atoms with Crippen molar-refractivity contribution in [3.63, 3.8) is 0 Å². The molecule has 1 rings (SSSR count). The van der Waals surface area contributed by atoms with E-state index in [1.54, 1.807) is 12.3 Å². The lowest BCUT2D eigenvalue weighted by atomic mass is 10.0. The van der Waals surface area contributed by atoms with Crippen molar-refractivity contribution in [2.75, 3.05) is 5.32 Å². The maximum absolute atomic E-state index is 10.8. The summed E-state index contributed by atoms with van der Waals surface area (Å²) in [5.41, 5.74) is 0.573. The molecule has 2 atom stereocenters. The van der Waals surface area contributed by atoms with Crippen LogP contribution in [0.15, 0.2) is 18.5 Å². The molecule has 1 heterocycles. The van der Waals surface area contributed by atoms with Gasteiger partial charge in [0.2, 0.25) is 0 Å². The first-order chi connectivity index (χ1) is 8.04. The Hall–Kier alpha value is -1.65. The van der Waals surface area contributed by atoms with E-state index >= 15 is 0 Å². The van der Waals surface area contributed by atoms with E-state index in [0.29, 0.717) is 11.6 Å². The minimum atomic E-state index is -0.411. The van der Waals surface area contributed by atoms with E-state index in [1.165, 1.54) is 6.20 Å². The van der Waals surface area contributed by atoms with E-state index in [-0.39, 0.29) is 11.7 Å². The molecule has 0 saturated heterocycles. The quantitative estimate of drug-likeness (QED) is 0.609. The van der Waals surface area contributed by atoms with Gasteiger partial charge in [-0.2, -0.15) is 0 Å². The van der Waals surface area contributed by atoms with Crippen molar-refractivity contribution in [1.29, 1.82) is 0 Å². The van der Waals surface area contributed by atoms with Crippen LogP contribution in [0.2, 0.25) is 0 Å². The van der Waals surface area contributed by atoms with Gasteiger partial charge in [0.25, 0.3) is 0 Å². The van der Waals surface area contributed by atoms with Gasteiger partial charge in [-0.15, -0.1) is 0 Å². The van der Waals surface area contributed by atoms with Gasteiger partial charge in [0, 0.05) is 12.2 Å². The molecule has 0 aliphatic carbocycles. The highest BCUT2D eigenvalue weighted by Gasteiger charge is 2.15. The third-order valence-corrected chi connectivity index (χ3v) is 2.85. The maximum atomic E-state index is 10.8. The van der Waals surface area contributed by atoms with Crippen molar-refractivity contribution in [3.05, 3.63) is 28.6 Å². The van der Waals surface area contributed by atoms with Gasteiger partial charge in [0.1, 0.15) is 11.9 Å². The van der Waals surface area contributed by atoms with E-state index < -0.39 is 4.92 Å². The van der Waals surface area contributed by atoms with E-state index in [2.05, 4.69) is 24.1 Å². The zero-order valence-electron chi connectivity index (χ0n) is 10.5. The van der Waals surface area contributed by atoms with Crippen molar-refractivity contribution in [1.82, 2.24) is 4.98 Å². The molecule has 17 heavy (non-hydrogen) atoms. The van der Waals surface area contributed by atoms with Crippen molar-refractivity contribution < 1.29 is 4.92 Å². The minimum Gasteiger partial charge on any atom is -0.377 e. The first-order valence-corrected chi connectivity index (χ1v) is 5.89. The predicted molar refractivity (Wildman–Crippen MR) is 68.0 cm³/mol. The molecule has 1 aromatic heterocycles. The average molecular weight is 237 g/mol. The summed E-state index contributed by atoms with van der Waals surface area (Å²) in [5.74, 6) is 0.610. The fourth-order valence-corrected chi connectivity index (χ4v) is 1.75. The molecule has 0 aromatic carbocycles. The number of hydrogen-bond donors (Lipinski definition) is 1. The summed E-state index contributed by atoms with van der Waals surface area (Å²) in [5, 5.41) is 14.0. The molecule has 0 aliphatic rings. The molecule has 5 heteroatoms. The summed E-state index contributed by atoms with van der Waals surface area (Å²) in [6.45, 7) is 6.36. The van der Waals surface area contributed by atoms with Crippen molar-refractivity contribution in [2.45, 2.75) is 39.7 Å². The summed E-state index contributed by atoms with van der Waals surface area (Å²) >= 11 is 0. The maximum Gasteiger partial charge on any atom is 0.310 e. The Balaban J connectivity index is 2.71. The van der Waals surface area contributed by atoms with Crippen LogP contribution >= 0.6 is 0 Å². The average Bonchev–Trinajstić information content (AvgIpc) is 2.29. The standard InChI is InChI=1S/C12H19N3O2/c1-4-9(2)7-10(3)14-11-5-6-13-8-12(11)15(16)17/h5-6,8-10H,4,7H2,1-3H3,(H,13,14). The molecular formula is C12H19N3O2. The van der Waals surface area contributed by atoms with E-state index in [0.717, 1.165) is 12.8 Å². The lowest BCUT2D eigenvalue weighted by Crippen LogP contribution is -2.19. The fraction of sp³-hybridized carbons (Fsp3) is 0.583. The minimum absolute atomic E-state index is 0.0310. The van der Waals surface area contributed by atoms with Gasteiger partial charge >= 0.3 is 5.69 Å². The lowest BCUT2D eigenvalue weighted by Gasteiger charge is -2.18. The molecule has 94 valence electrons. The molecule has 0 spiro atoms. The Morgan fingerprint density at radius 3 is 2.82 bits per heavy atom. The number of nitrogens with one attached hydrogen (secondary N) is 1. The van der Waals surface area contributed by atoms with Gasteiger partial charge < -0.3 is 5.32 Å². The van der Waals surface area contributed by atoms with Gasteiger partial charge in [-0.3, -0.25) is 15.1 Å². The lowest BCUT2D eigenvalue weighted by molar-refractivity contribution is -0.384. The van der Waals surface area contributed by atoms with Crippen LogP contribution in [-0.2, 0) is 0 Å². The number of anilines is 1. The second-order valence-corrected chi connectivity index (χ2v) is 4.44. The van der Waals surface area contributed by atoms with Gasteiger partial charge in [-0.1, -0.05) is 20.3 Å². The van der Waals surface area contributed by atoms with E-state index in [9.17, 15) is 10.1 Å². The molecule has 1 N–H and O–H groups in total. The van der Waals surface area contributed by atoms with Crippen LogP contribution in [0.1, 0.15) is 33.6 Å². The molecule has 0 aliphatic heterocycles. The van der Waals surface area contributed by atoms with Crippen LogP contribution in [0.4, 0.5) is 11.4 Å². The Morgan fingerprint density at radius 2 is 2.24 bits per heavy atom. The molecule has 0 fully saturated rings. The van der Waals surface area contributed by atoms with Gasteiger partial charge in [-0.25, -0.2) is 0 Å². The van der Waals surface area contributed by atoms with Gasteiger partial charge in [0.15, 0.2) is 0 Å². The summed E-state index contributed by atoms with van der Waals surface area (Å²) in [6, 6.07) is 1.86. The summed E-state index contributed by atoms with van der Waals surface area (Å²) in [7, 11) is 0. The van der Waals surface area contributed by atoms with Crippen LogP contribution in [0.25, 0.3) is 0 Å². The van der Waals surface area contributed by atoms with Gasteiger partial charge in [-0.05, 0) is 25.3 Å². The Bertz CT molecular complexity index is 382. The predicted octanol–water partition coefficient (Wildman–Crippen LogP) is 3.23. The fourth-order valence-electron chi connectivity index (χ4n) is 1.75. The monoisotopic (exact) mass is 237 g/mol. The third kappa shape index (κ3) is 4.01. The van der Waals surface area contributed by atoms with Crippen LogP contribution in [0, 0.1) is 16.0 Å². The Morgan fingerprint density at radius 1 is 1.53 bits per heavy atom. The zero-order chi connectivity index (χ0) is 12.8. The normalized spacial score (nSPS) is 14.1. The molecule has 5 nitrogen and oxygen atoms in total. The number of pyridine rings is 1. The summed E-state index contributed by atoms with van der Waals surface area (Å²) in [4.78, 5) is 14.2. The van der Waals surface area contributed by atoms with E-state index in [1.807, 2.05) is 6.92 Å². The largest absolute Gasteiger partial charge is 0.377 e. The van der Waals surface area contributed by atoms with Crippen LogP contribution in [0.5, 0.6) is 0 Å². The second-order valence-electron chi connectivity index (χ2n) is 4.44. The molecule has 1 aromatic rings. The number of nitrogens with zero attached hydrogens (tertiary/aromatic N) is 2. The molecule has 0 saturated carbocycles. The van der Waals surface area contributed by atoms with Gasteiger partial charge in [0.05, 0.1) is 4.92 Å². The van der Waals surface area contributed by atoms with Crippen molar-refractivity contribution in [3.8, 4) is 0 Å². The highest BCUT2D eigenvalue weighted by Crippen LogP contribution is 2.24. The first-order valence-electron chi connectivity index (χ1n) is 5.89. The van der Waals surface area contributed by atoms with Crippen LogP contribution in [-0.4, -0.2) is 15.9 Å². The van der Waals surface area contributed by atoms with Crippen LogP contribution < -0.4 is 5.32 Å². The number of nitro groups is 1. The summed E-state index contributed by atoms with van der Waals surface area (Å²) in [6.07, 6.45) is 4.95. The number of hydrogen-bond acceptors (Lipinski definition) is 4. The van der Waals surface area contributed by atoms with Crippen molar-refractivity contribution >= 4 is 11.4 Å². The highest BCUT2D eigenvalue weighted by molar-refractivity contribution is 5.59. The second kappa shape index (κ2) is 6.18. The molecule has 0 radical (unpaired) electrons. The van der Waals surface area contributed by atoms with Crippen LogP contribution in [0.3, 0.4) is 0 Å². The summed E-state index contributed by atoms with van der Waals surface area (Å²) < 4.78 is 0. The number of rotatable bonds is 6. The van der Waals surface area contributed by atoms with E-state index in [4.69, 9.17) is 0 Å². The Kier molecular flexibility index (Phi) is 4.87. The third-order valence-electron chi connectivity index (χ3n) is 2.85. The first kappa shape index (κ1) is 13.4. The number of aromatic nitrogens is 1.